The van der Waals surface area contributed by atoms with Gasteiger partial charge in [-0.25, -0.2) is 0 Å². The van der Waals surface area contributed by atoms with Crippen LogP contribution in [0.2, 0.25) is 0 Å². The molecule has 502 valence electrons. The van der Waals surface area contributed by atoms with Crippen LogP contribution in [0.5, 0.6) is 0 Å². The monoisotopic (exact) mass is 1220 g/mol. The molecule has 6 N–H and O–H groups in total. The summed E-state index contributed by atoms with van der Waals surface area (Å²) < 4.78 is 11.4. The quantitative estimate of drug-likeness (QED) is 0.0261. The Morgan fingerprint density at radius 2 is 0.713 bits per heavy atom. The zero-order valence-corrected chi connectivity index (χ0v) is 56.2. The minimum atomic E-state index is -1.57. The third kappa shape index (κ3) is 54.3. The van der Waals surface area contributed by atoms with Crippen molar-refractivity contribution in [1.29, 1.82) is 0 Å². The van der Waals surface area contributed by atoms with Gasteiger partial charge in [-0.05, 0) is 83.5 Å². The lowest BCUT2D eigenvalue weighted by Gasteiger charge is -2.40. The molecule has 1 amide bonds. The Kier molecular flexibility index (Phi) is 61.9. The molecule has 0 saturated carbocycles. The van der Waals surface area contributed by atoms with Crippen LogP contribution in [0.3, 0.4) is 0 Å². The lowest BCUT2D eigenvalue weighted by atomic mass is 9.99. The second-order valence-electron chi connectivity index (χ2n) is 25.0. The molecule has 7 atom stereocenters. The van der Waals surface area contributed by atoms with Crippen LogP contribution >= 0.6 is 0 Å². The van der Waals surface area contributed by atoms with E-state index in [-0.39, 0.29) is 12.5 Å². The molecule has 1 aliphatic heterocycles. The molecule has 0 radical (unpaired) electrons. The smallest absolute Gasteiger partial charge is 0.220 e. The lowest BCUT2D eigenvalue weighted by Crippen LogP contribution is -2.60. The van der Waals surface area contributed by atoms with E-state index in [9.17, 15) is 30.3 Å². The molecular formula is C78H137NO8. The van der Waals surface area contributed by atoms with Gasteiger partial charge < -0.3 is 40.3 Å². The number of amides is 1. The number of allylic oxidation sites excluding steroid dienone is 18. The van der Waals surface area contributed by atoms with Crippen molar-refractivity contribution >= 4 is 5.91 Å². The minimum Gasteiger partial charge on any atom is -0.394 e. The largest absolute Gasteiger partial charge is 0.394 e. The third-order valence-corrected chi connectivity index (χ3v) is 16.9. The molecule has 9 nitrogen and oxygen atoms in total. The number of carbonyl (C=O) groups is 1. The minimum absolute atomic E-state index is 0.158. The maximum atomic E-state index is 13.1. The fourth-order valence-corrected chi connectivity index (χ4v) is 11.2. The number of unbranched alkanes of at least 4 members (excludes halogenated alkanes) is 35. The van der Waals surface area contributed by atoms with Crippen molar-refractivity contribution in [3.8, 4) is 0 Å². The topological polar surface area (TPSA) is 149 Å². The molecule has 1 rings (SSSR count). The van der Waals surface area contributed by atoms with Crippen molar-refractivity contribution in [3.63, 3.8) is 0 Å². The highest BCUT2D eigenvalue weighted by atomic mass is 16.7. The van der Waals surface area contributed by atoms with E-state index in [4.69, 9.17) is 9.47 Å². The average Bonchev–Trinajstić information content (AvgIpc) is 3.47. The van der Waals surface area contributed by atoms with E-state index < -0.39 is 49.5 Å². The van der Waals surface area contributed by atoms with Gasteiger partial charge in [0.2, 0.25) is 5.91 Å². The van der Waals surface area contributed by atoms with E-state index in [1.165, 1.54) is 193 Å². The number of carbonyl (C=O) groups excluding carboxylic acids is 1. The second-order valence-corrected chi connectivity index (χ2v) is 25.0. The summed E-state index contributed by atoms with van der Waals surface area (Å²) in [6, 6.07) is -0.748. The first kappa shape index (κ1) is 81.9. The predicted molar refractivity (Wildman–Crippen MR) is 373 cm³/mol. The number of hydrogen-bond donors (Lipinski definition) is 6. The Hall–Kier alpha value is -3.15. The summed E-state index contributed by atoms with van der Waals surface area (Å²) in [6.07, 6.45) is 90.2. The summed E-state index contributed by atoms with van der Waals surface area (Å²) in [4.78, 5) is 13.1. The van der Waals surface area contributed by atoms with E-state index in [0.717, 1.165) is 103 Å². The number of rotatable bonds is 63. The normalized spacial score (nSPS) is 18.6. The average molecular weight is 1220 g/mol. The third-order valence-electron chi connectivity index (χ3n) is 16.9. The highest BCUT2D eigenvalue weighted by Gasteiger charge is 2.44. The number of ether oxygens (including phenoxy) is 2. The van der Waals surface area contributed by atoms with E-state index in [0.29, 0.717) is 12.8 Å². The van der Waals surface area contributed by atoms with Gasteiger partial charge in [0.05, 0.1) is 25.4 Å². The molecule has 1 aliphatic rings. The highest BCUT2D eigenvalue weighted by Crippen LogP contribution is 2.24. The van der Waals surface area contributed by atoms with Gasteiger partial charge in [0, 0.05) is 6.42 Å². The number of nitrogens with one attached hydrogen (secondary N) is 1. The van der Waals surface area contributed by atoms with Crippen LogP contribution in [0.4, 0.5) is 0 Å². The summed E-state index contributed by atoms with van der Waals surface area (Å²) in [5, 5.41) is 55.0. The Morgan fingerprint density at radius 1 is 0.402 bits per heavy atom. The Bertz CT molecular complexity index is 1750. The molecule has 9 heteroatoms. The van der Waals surface area contributed by atoms with Crippen molar-refractivity contribution < 1.29 is 39.8 Å². The van der Waals surface area contributed by atoms with Gasteiger partial charge in [-0.15, -0.1) is 0 Å². The summed E-state index contributed by atoms with van der Waals surface area (Å²) >= 11 is 0. The predicted octanol–water partition coefficient (Wildman–Crippen LogP) is 20.4. The van der Waals surface area contributed by atoms with Gasteiger partial charge in [0.1, 0.15) is 24.4 Å². The van der Waals surface area contributed by atoms with Gasteiger partial charge in [-0.2, -0.15) is 0 Å². The zero-order valence-electron chi connectivity index (χ0n) is 56.2. The van der Waals surface area contributed by atoms with E-state index >= 15 is 0 Å². The van der Waals surface area contributed by atoms with Crippen LogP contribution in [-0.4, -0.2) is 87.5 Å². The zero-order chi connectivity index (χ0) is 62.8. The molecule has 1 saturated heterocycles. The van der Waals surface area contributed by atoms with Crippen molar-refractivity contribution in [3.05, 3.63) is 109 Å². The van der Waals surface area contributed by atoms with E-state index in [1.807, 2.05) is 0 Å². The Morgan fingerprint density at radius 3 is 1.05 bits per heavy atom. The molecule has 0 aliphatic carbocycles. The summed E-state index contributed by atoms with van der Waals surface area (Å²) in [5.74, 6) is -0.176. The van der Waals surface area contributed by atoms with Crippen LogP contribution < -0.4 is 5.32 Å². The molecule has 1 fully saturated rings. The molecule has 0 aromatic rings. The lowest BCUT2D eigenvalue weighted by molar-refractivity contribution is -0.302. The molecule has 0 aromatic carbocycles. The van der Waals surface area contributed by atoms with Gasteiger partial charge in [-0.3, -0.25) is 4.79 Å². The van der Waals surface area contributed by atoms with Crippen LogP contribution in [0.15, 0.2) is 109 Å². The molecule has 0 aromatic heterocycles. The first-order valence-electron chi connectivity index (χ1n) is 36.6. The molecule has 0 bridgehead atoms. The van der Waals surface area contributed by atoms with Crippen molar-refractivity contribution in [2.24, 2.45) is 0 Å². The van der Waals surface area contributed by atoms with Gasteiger partial charge >= 0.3 is 0 Å². The van der Waals surface area contributed by atoms with Crippen molar-refractivity contribution in [1.82, 2.24) is 5.32 Å². The van der Waals surface area contributed by atoms with E-state index in [2.05, 4.69) is 129 Å². The summed E-state index contributed by atoms with van der Waals surface area (Å²) in [6.45, 7) is 3.74. The number of hydrogen-bond acceptors (Lipinski definition) is 8. The molecule has 7 unspecified atom stereocenters. The first-order valence-corrected chi connectivity index (χ1v) is 36.6. The summed E-state index contributed by atoms with van der Waals surface area (Å²) in [5.41, 5.74) is 0. The Balaban J connectivity index is 2.15. The number of aliphatic hydroxyl groups is 5. The summed E-state index contributed by atoms with van der Waals surface area (Å²) in [7, 11) is 0. The first-order chi connectivity index (χ1) is 42.8. The fourth-order valence-electron chi connectivity index (χ4n) is 11.2. The second kappa shape index (κ2) is 65.8. The Labute approximate surface area is 536 Å². The molecule has 87 heavy (non-hydrogen) atoms. The van der Waals surface area contributed by atoms with Crippen LogP contribution in [0.1, 0.15) is 322 Å². The van der Waals surface area contributed by atoms with Crippen molar-refractivity contribution in [2.75, 3.05) is 13.2 Å². The van der Waals surface area contributed by atoms with E-state index in [1.54, 1.807) is 0 Å². The van der Waals surface area contributed by atoms with Gasteiger partial charge in [-0.1, -0.05) is 342 Å². The standard InChI is InChI=1S/C78H137NO8/c1-3-5-7-9-11-13-15-17-19-21-23-25-27-29-31-33-35-36-38-39-41-43-45-47-49-51-53-55-57-59-61-63-65-67-72(81)71(70-86-78-77(85)76(84)75(83)73(69-80)87-78)79-74(82)68-66-64-62-60-58-56-54-52-50-48-46-44-42-40-37-34-32-30-28-26-24-22-20-18-16-14-12-10-8-6-4-2/h6,8,12,14,18,20,24,26,30,32,37,40,44,46,50,52,56,58,71-73,75-78,80-81,83-85H,3-5,7,9-11,13,15-17,19,21-23,25,27-29,31,33-36,38-39,41-43,45,47-49,51,53-55,57,59-70H2,1-2H3,(H,79,82)/b8-6-,14-12-,20-18-,26-24-,32-30-,40-37-,46-44-,52-50-,58-56-. The van der Waals surface area contributed by atoms with Crippen LogP contribution in [0.25, 0.3) is 0 Å². The van der Waals surface area contributed by atoms with Crippen LogP contribution in [0, 0.1) is 0 Å². The van der Waals surface area contributed by atoms with Gasteiger partial charge in [0.15, 0.2) is 6.29 Å². The number of aliphatic hydroxyl groups excluding tert-OH is 5. The fraction of sp³-hybridized carbons (Fsp3) is 0.756. The van der Waals surface area contributed by atoms with Gasteiger partial charge in [0.25, 0.3) is 0 Å². The SMILES string of the molecule is CC/C=C\C/C=C\C/C=C\C/C=C\C/C=C\C/C=C\C/C=C\C/C=C\C/C=C\CCCCCC(=O)NC(COC1OC(CO)C(O)C(O)C1O)C(O)CCCCCCCCCCCCCCCCCCCCCCCCCCCCCCCCCCC. The van der Waals surface area contributed by atoms with Crippen LogP contribution in [-0.2, 0) is 14.3 Å². The maximum absolute atomic E-state index is 13.1. The molecular weight excluding hydrogens is 1080 g/mol. The highest BCUT2D eigenvalue weighted by molar-refractivity contribution is 5.76. The maximum Gasteiger partial charge on any atom is 0.220 e. The van der Waals surface area contributed by atoms with Crippen molar-refractivity contribution in [2.45, 2.75) is 365 Å². The molecule has 0 spiro atoms. The molecule has 1 heterocycles.